The van der Waals surface area contributed by atoms with Crippen molar-refractivity contribution in [3.05, 3.63) is 11.1 Å². The number of nitrogens with one attached hydrogen (secondary N) is 1. The highest BCUT2D eigenvalue weighted by molar-refractivity contribution is 7.13. The van der Waals surface area contributed by atoms with Gasteiger partial charge in [-0.3, -0.25) is 9.69 Å². The lowest BCUT2D eigenvalue weighted by molar-refractivity contribution is -0.135. The summed E-state index contributed by atoms with van der Waals surface area (Å²) < 4.78 is 0. The number of thiazole rings is 1. The van der Waals surface area contributed by atoms with Crippen LogP contribution in [0.3, 0.4) is 0 Å². The second-order valence-electron chi connectivity index (χ2n) is 7.94. The Hall–Kier alpha value is -1.14. The fraction of sp³-hybridized carbons (Fsp3) is 0.789. The van der Waals surface area contributed by atoms with E-state index in [1.54, 1.807) is 11.3 Å². The number of nitrogens with zero attached hydrogens (tertiary/aromatic N) is 3. The largest absolute Gasteiger partial charge is 0.359 e. The van der Waals surface area contributed by atoms with E-state index in [9.17, 15) is 4.79 Å². The Balaban J connectivity index is 1.42. The molecule has 0 aromatic carbocycles. The van der Waals surface area contributed by atoms with Gasteiger partial charge in [0.1, 0.15) is 0 Å². The van der Waals surface area contributed by atoms with Crippen LogP contribution in [0.4, 0.5) is 5.13 Å². The highest BCUT2D eigenvalue weighted by Crippen LogP contribution is 2.23. The zero-order valence-corrected chi connectivity index (χ0v) is 16.6. The summed E-state index contributed by atoms with van der Waals surface area (Å²) in [5.74, 6) is 1.58. The molecule has 0 spiro atoms. The number of carbonyl (C=O) groups is 1. The third-order valence-corrected chi connectivity index (χ3v) is 6.23. The topological polar surface area (TPSA) is 48.5 Å². The summed E-state index contributed by atoms with van der Waals surface area (Å²) in [5, 5.41) is 6.75. The number of likely N-dealkylation sites (tertiary alicyclic amines) is 2. The molecule has 0 saturated carbocycles. The molecule has 1 aromatic heterocycles. The van der Waals surface area contributed by atoms with Crippen molar-refractivity contribution < 1.29 is 4.79 Å². The SMILES string of the molecule is CCc1csc(NC2CCN(CC(=O)N3C[C@H](C)C[C@H](C)C3)CC2)n1. The number of hydrogen-bond donors (Lipinski definition) is 1. The molecule has 5 nitrogen and oxygen atoms in total. The number of amides is 1. The van der Waals surface area contributed by atoms with E-state index in [4.69, 9.17) is 0 Å². The average Bonchev–Trinajstić information content (AvgIpc) is 3.03. The molecule has 140 valence electrons. The van der Waals surface area contributed by atoms with E-state index >= 15 is 0 Å². The van der Waals surface area contributed by atoms with Crippen LogP contribution in [0.25, 0.3) is 0 Å². The van der Waals surface area contributed by atoms with Gasteiger partial charge < -0.3 is 10.2 Å². The van der Waals surface area contributed by atoms with Crippen molar-refractivity contribution in [2.24, 2.45) is 11.8 Å². The van der Waals surface area contributed by atoms with Gasteiger partial charge in [0.2, 0.25) is 5.91 Å². The van der Waals surface area contributed by atoms with E-state index in [2.05, 4.69) is 46.3 Å². The van der Waals surface area contributed by atoms with Gasteiger partial charge in [-0.25, -0.2) is 4.98 Å². The summed E-state index contributed by atoms with van der Waals surface area (Å²) in [4.78, 5) is 21.6. The van der Waals surface area contributed by atoms with E-state index < -0.39 is 0 Å². The standard InChI is InChI=1S/C19H32N4OS/c1-4-16-13-25-19(20-16)21-17-5-7-22(8-6-17)12-18(24)23-10-14(2)9-15(3)11-23/h13-15,17H,4-12H2,1-3H3,(H,20,21)/t14-,15+. The van der Waals surface area contributed by atoms with Gasteiger partial charge in [-0.15, -0.1) is 11.3 Å². The highest BCUT2D eigenvalue weighted by atomic mass is 32.1. The number of anilines is 1. The van der Waals surface area contributed by atoms with Crippen molar-refractivity contribution in [3.63, 3.8) is 0 Å². The molecule has 3 heterocycles. The minimum absolute atomic E-state index is 0.317. The Labute approximate surface area is 155 Å². The molecule has 3 rings (SSSR count). The Morgan fingerprint density at radius 3 is 2.56 bits per heavy atom. The fourth-order valence-electron chi connectivity index (χ4n) is 4.10. The molecule has 1 N–H and O–H groups in total. The molecule has 0 aliphatic carbocycles. The van der Waals surface area contributed by atoms with Crippen molar-refractivity contribution >= 4 is 22.4 Å². The summed E-state index contributed by atoms with van der Waals surface area (Å²) in [6, 6.07) is 0.484. The van der Waals surface area contributed by atoms with Crippen LogP contribution in [0, 0.1) is 11.8 Å². The van der Waals surface area contributed by atoms with E-state index in [0.29, 0.717) is 30.3 Å². The lowest BCUT2D eigenvalue weighted by atomic mass is 9.92. The van der Waals surface area contributed by atoms with Gasteiger partial charge in [0.15, 0.2) is 5.13 Å². The maximum Gasteiger partial charge on any atom is 0.236 e. The molecule has 2 aliphatic heterocycles. The maximum atomic E-state index is 12.6. The molecule has 25 heavy (non-hydrogen) atoms. The first-order valence-corrected chi connectivity index (χ1v) is 10.6. The molecule has 2 fully saturated rings. The molecule has 2 saturated heterocycles. The van der Waals surface area contributed by atoms with E-state index in [0.717, 1.165) is 50.6 Å². The van der Waals surface area contributed by atoms with Gasteiger partial charge in [-0.2, -0.15) is 0 Å². The van der Waals surface area contributed by atoms with Crippen LogP contribution in [0.15, 0.2) is 5.38 Å². The highest BCUT2D eigenvalue weighted by Gasteiger charge is 2.28. The van der Waals surface area contributed by atoms with E-state index in [-0.39, 0.29) is 0 Å². The maximum absolute atomic E-state index is 12.6. The number of aromatic nitrogens is 1. The first-order chi connectivity index (χ1) is 12.0. The number of piperidine rings is 2. The third kappa shape index (κ3) is 5.17. The van der Waals surface area contributed by atoms with Gasteiger partial charge in [0, 0.05) is 37.6 Å². The molecule has 1 amide bonds. The quantitative estimate of drug-likeness (QED) is 0.872. The van der Waals surface area contributed by atoms with Crippen molar-refractivity contribution in [1.29, 1.82) is 0 Å². The third-order valence-electron chi connectivity index (χ3n) is 5.41. The number of rotatable bonds is 5. The van der Waals surface area contributed by atoms with Crippen LogP contribution < -0.4 is 5.32 Å². The number of aryl methyl sites for hydroxylation is 1. The predicted molar refractivity (Wildman–Crippen MR) is 104 cm³/mol. The Kier molecular flexibility index (Phi) is 6.34. The minimum atomic E-state index is 0.317. The molecule has 6 heteroatoms. The second kappa shape index (κ2) is 8.49. The van der Waals surface area contributed by atoms with Crippen LogP contribution in [0.1, 0.15) is 45.7 Å². The lowest BCUT2D eigenvalue weighted by Gasteiger charge is -2.37. The summed E-state index contributed by atoms with van der Waals surface area (Å²) in [6.45, 7) is 11.1. The van der Waals surface area contributed by atoms with Gasteiger partial charge in [-0.1, -0.05) is 20.8 Å². The summed E-state index contributed by atoms with van der Waals surface area (Å²) in [7, 11) is 0. The Morgan fingerprint density at radius 2 is 1.96 bits per heavy atom. The summed E-state index contributed by atoms with van der Waals surface area (Å²) >= 11 is 1.70. The summed E-state index contributed by atoms with van der Waals surface area (Å²) in [6.07, 6.45) is 4.41. The van der Waals surface area contributed by atoms with Crippen LogP contribution in [0.5, 0.6) is 0 Å². The second-order valence-corrected chi connectivity index (χ2v) is 8.80. The molecular weight excluding hydrogens is 332 g/mol. The van der Waals surface area contributed by atoms with Crippen molar-refractivity contribution in [2.75, 3.05) is 38.0 Å². The van der Waals surface area contributed by atoms with Crippen LogP contribution >= 0.6 is 11.3 Å². The van der Waals surface area contributed by atoms with Gasteiger partial charge in [0.25, 0.3) is 0 Å². The zero-order valence-electron chi connectivity index (χ0n) is 15.8. The molecule has 0 radical (unpaired) electrons. The normalized spacial score (nSPS) is 26.0. The molecule has 0 unspecified atom stereocenters. The molecule has 0 bridgehead atoms. The summed E-state index contributed by atoms with van der Waals surface area (Å²) in [5.41, 5.74) is 1.17. The Bertz CT molecular complexity index is 558. The van der Waals surface area contributed by atoms with Gasteiger partial charge in [0.05, 0.1) is 12.2 Å². The van der Waals surface area contributed by atoms with Gasteiger partial charge in [-0.05, 0) is 37.5 Å². The predicted octanol–water partition coefficient (Wildman–Crippen LogP) is 3.09. The van der Waals surface area contributed by atoms with Crippen molar-refractivity contribution in [2.45, 2.75) is 52.5 Å². The van der Waals surface area contributed by atoms with Crippen molar-refractivity contribution in [3.8, 4) is 0 Å². The lowest BCUT2D eigenvalue weighted by Crippen LogP contribution is -2.49. The zero-order chi connectivity index (χ0) is 17.8. The van der Waals surface area contributed by atoms with E-state index in [1.807, 2.05) is 0 Å². The number of carbonyl (C=O) groups excluding carboxylic acids is 1. The van der Waals surface area contributed by atoms with Crippen LogP contribution in [-0.4, -0.2) is 59.5 Å². The van der Waals surface area contributed by atoms with Crippen LogP contribution in [-0.2, 0) is 11.2 Å². The Morgan fingerprint density at radius 1 is 1.28 bits per heavy atom. The minimum Gasteiger partial charge on any atom is -0.359 e. The number of hydrogen-bond acceptors (Lipinski definition) is 5. The average molecular weight is 365 g/mol. The molecule has 2 atom stereocenters. The van der Waals surface area contributed by atoms with Crippen LogP contribution in [0.2, 0.25) is 0 Å². The first kappa shape index (κ1) is 18.6. The fourth-order valence-corrected chi connectivity index (χ4v) is 4.98. The van der Waals surface area contributed by atoms with Gasteiger partial charge >= 0.3 is 0 Å². The molecule has 1 aromatic rings. The smallest absolute Gasteiger partial charge is 0.236 e. The first-order valence-electron chi connectivity index (χ1n) is 9.74. The molecular formula is C19H32N4OS. The van der Waals surface area contributed by atoms with E-state index in [1.165, 1.54) is 12.1 Å². The monoisotopic (exact) mass is 364 g/mol. The van der Waals surface area contributed by atoms with Crippen molar-refractivity contribution in [1.82, 2.24) is 14.8 Å². The molecule has 2 aliphatic rings.